The Morgan fingerprint density at radius 1 is 1.00 bits per heavy atom. The zero-order valence-electron chi connectivity index (χ0n) is 14.9. The second-order valence-corrected chi connectivity index (χ2v) is 8.43. The van der Waals surface area contributed by atoms with E-state index in [9.17, 15) is 13.2 Å². The quantitative estimate of drug-likeness (QED) is 0.674. The molecule has 3 aromatic rings. The highest BCUT2D eigenvalue weighted by molar-refractivity contribution is 7.89. The Morgan fingerprint density at radius 2 is 1.70 bits per heavy atom. The molecule has 2 N–H and O–H groups in total. The maximum absolute atomic E-state index is 12.6. The summed E-state index contributed by atoms with van der Waals surface area (Å²) in [5, 5.41) is 4.94. The van der Waals surface area contributed by atoms with E-state index in [4.69, 9.17) is 11.6 Å². The molecule has 5 nitrogen and oxygen atoms in total. The number of nitrogens with one attached hydrogen (secondary N) is 2. The number of carbonyl (C=O) groups excluding carboxylic acids is 1. The second kappa shape index (κ2) is 7.68. The van der Waals surface area contributed by atoms with E-state index >= 15 is 0 Å². The van der Waals surface area contributed by atoms with E-state index in [0.717, 1.165) is 16.3 Å². The van der Waals surface area contributed by atoms with Crippen molar-refractivity contribution in [1.29, 1.82) is 0 Å². The van der Waals surface area contributed by atoms with Crippen molar-refractivity contribution in [3.63, 3.8) is 0 Å². The molecule has 0 saturated carbocycles. The van der Waals surface area contributed by atoms with E-state index in [1.807, 2.05) is 31.2 Å². The molecule has 140 valence electrons. The minimum Gasteiger partial charge on any atom is -0.325 e. The van der Waals surface area contributed by atoms with E-state index in [1.165, 1.54) is 13.0 Å². The zero-order chi connectivity index (χ0) is 19.6. The van der Waals surface area contributed by atoms with Crippen molar-refractivity contribution in [2.75, 3.05) is 5.32 Å². The topological polar surface area (TPSA) is 75.3 Å². The van der Waals surface area contributed by atoms with E-state index in [0.29, 0.717) is 10.7 Å². The van der Waals surface area contributed by atoms with Gasteiger partial charge in [-0.15, -0.1) is 0 Å². The van der Waals surface area contributed by atoms with Gasteiger partial charge in [0.05, 0.1) is 10.9 Å². The molecule has 7 heteroatoms. The van der Waals surface area contributed by atoms with Gasteiger partial charge in [0.15, 0.2) is 0 Å². The lowest BCUT2D eigenvalue weighted by atomic mass is 10.1. The smallest absolute Gasteiger partial charge is 0.242 e. The molecule has 0 aliphatic heterocycles. The average Bonchev–Trinajstić information content (AvgIpc) is 2.64. The number of hydrogen-bond donors (Lipinski definition) is 2. The van der Waals surface area contributed by atoms with Crippen LogP contribution in [0.15, 0.2) is 65.6 Å². The van der Waals surface area contributed by atoms with Crippen molar-refractivity contribution in [2.24, 2.45) is 0 Å². The largest absolute Gasteiger partial charge is 0.325 e. The maximum atomic E-state index is 12.6. The molecule has 0 bridgehead atoms. The molecule has 0 aliphatic carbocycles. The SMILES string of the molecule is Cc1ccc(NC(=O)C(C)NS(=O)(=O)c2ccc3ccccc3c2)cc1Cl. The van der Waals surface area contributed by atoms with Crippen LogP contribution in [-0.2, 0) is 14.8 Å². The number of halogens is 1. The van der Waals surface area contributed by atoms with Crippen LogP contribution in [0.25, 0.3) is 10.8 Å². The third kappa shape index (κ3) is 4.47. The molecule has 3 aromatic carbocycles. The summed E-state index contributed by atoms with van der Waals surface area (Å²) in [6, 6.07) is 16.5. The molecule has 0 aromatic heterocycles. The predicted molar refractivity (Wildman–Crippen MR) is 109 cm³/mol. The minimum atomic E-state index is -3.84. The third-order valence-corrected chi connectivity index (χ3v) is 6.14. The number of anilines is 1. The molecule has 3 rings (SSSR count). The van der Waals surface area contributed by atoms with E-state index in [-0.39, 0.29) is 4.90 Å². The molecule has 1 atom stereocenters. The molecule has 1 amide bonds. The standard InChI is InChI=1S/C20H19ClN2O3S/c1-13-7-9-17(12-19(13)21)22-20(24)14(2)23-27(25,26)18-10-8-15-5-3-4-6-16(15)11-18/h3-12,14,23H,1-2H3,(H,22,24). The van der Waals surface area contributed by atoms with Crippen molar-refractivity contribution in [2.45, 2.75) is 24.8 Å². The fraction of sp³-hybridized carbons (Fsp3) is 0.150. The summed E-state index contributed by atoms with van der Waals surface area (Å²) in [5.41, 5.74) is 1.40. The summed E-state index contributed by atoms with van der Waals surface area (Å²) in [7, 11) is -3.84. The lowest BCUT2D eigenvalue weighted by molar-refractivity contribution is -0.117. The van der Waals surface area contributed by atoms with Gasteiger partial charge in [-0.1, -0.05) is 48.0 Å². The first kappa shape index (κ1) is 19.4. The van der Waals surface area contributed by atoms with Crippen LogP contribution in [0.5, 0.6) is 0 Å². The van der Waals surface area contributed by atoms with Crippen molar-refractivity contribution in [3.8, 4) is 0 Å². The highest BCUT2D eigenvalue weighted by Gasteiger charge is 2.22. The summed E-state index contributed by atoms with van der Waals surface area (Å²) in [5.74, 6) is -0.473. The Bertz CT molecular complexity index is 1110. The number of amides is 1. The Kier molecular flexibility index (Phi) is 5.51. The Labute approximate surface area is 163 Å². The summed E-state index contributed by atoms with van der Waals surface area (Å²) in [6.07, 6.45) is 0. The normalized spacial score (nSPS) is 12.7. The van der Waals surface area contributed by atoms with Gasteiger partial charge >= 0.3 is 0 Å². The molecule has 0 fully saturated rings. The van der Waals surface area contributed by atoms with Crippen molar-refractivity contribution in [3.05, 3.63) is 71.2 Å². The summed E-state index contributed by atoms with van der Waals surface area (Å²) >= 11 is 6.05. The van der Waals surface area contributed by atoms with Gasteiger partial charge in [0, 0.05) is 10.7 Å². The molecule has 0 saturated heterocycles. The van der Waals surface area contributed by atoms with Gasteiger partial charge in [-0.2, -0.15) is 4.72 Å². The summed E-state index contributed by atoms with van der Waals surface area (Å²) in [4.78, 5) is 12.5. The van der Waals surface area contributed by atoms with E-state index in [2.05, 4.69) is 10.0 Å². The fourth-order valence-electron chi connectivity index (χ4n) is 2.61. The van der Waals surface area contributed by atoms with Crippen LogP contribution in [0.1, 0.15) is 12.5 Å². The van der Waals surface area contributed by atoms with Gasteiger partial charge in [0.25, 0.3) is 0 Å². The van der Waals surface area contributed by atoms with E-state index < -0.39 is 22.0 Å². The lowest BCUT2D eigenvalue weighted by Crippen LogP contribution is -2.41. The maximum Gasteiger partial charge on any atom is 0.242 e. The summed E-state index contributed by atoms with van der Waals surface area (Å²) in [6.45, 7) is 3.35. The molecule has 0 spiro atoms. The third-order valence-electron chi connectivity index (χ3n) is 4.20. The molecule has 0 aliphatic rings. The Morgan fingerprint density at radius 3 is 2.41 bits per heavy atom. The monoisotopic (exact) mass is 402 g/mol. The molecule has 1 unspecified atom stereocenters. The van der Waals surface area contributed by atoms with E-state index in [1.54, 1.807) is 30.3 Å². The van der Waals surface area contributed by atoms with Gasteiger partial charge in [0.2, 0.25) is 15.9 Å². The molecule has 27 heavy (non-hydrogen) atoms. The molecule has 0 heterocycles. The highest BCUT2D eigenvalue weighted by Crippen LogP contribution is 2.21. The van der Waals surface area contributed by atoms with Crippen LogP contribution in [-0.4, -0.2) is 20.4 Å². The van der Waals surface area contributed by atoms with Gasteiger partial charge < -0.3 is 5.32 Å². The van der Waals surface area contributed by atoms with Crippen LogP contribution in [0.2, 0.25) is 5.02 Å². The number of hydrogen-bond acceptors (Lipinski definition) is 3. The zero-order valence-corrected chi connectivity index (χ0v) is 16.4. The van der Waals surface area contributed by atoms with Crippen LogP contribution >= 0.6 is 11.6 Å². The van der Waals surface area contributed by atoms with Gasteiger partial charge in [-0.3, -0.25) is 4.79 Å². The lowest BCUT2D eigenvalue weighted by Gasteiger charge is -2.15. The van der Waals surface area contributed by atoms with Gasteiger partial charge in [-0.05, 0) is 54.4 Å². The molecular formula is C20H19ClN2O3S. The first-order valence-corrected chi connectivity index (χ1v) is 10.2. The average molecular weight is 403 g/mol. The van der Waals surface area contributed by atoms with Gasteiger partial charge in [-0.25, -0.2) is 8.42 Å². The number of rotatable bonds is 5. The number of fused-ring (bicyclic) bond motifs is 1. The predicted octanol–water partition coefficient (Wildman–Crippen LogP) is 4.11. The van der Waals surface area contributed by atoms with Gasteiger partial charge in [0.1, 0.15) is 0 Å². The summed E-state index contributed by atoms with van der Waals surface area (Å²) < 4.78 is 27.7. The van der Waals surface area contributed by atoms with Crippen molar-refractivity contribution in [1.82, 2.24) is 4.72 Å². The molecular weight excluding hydrogens is 384 g/mol. The van der Waals surface area contributed by atoms with Crippen LogP contribution < -0.4 is 10.0 Å². The van der Waals surface area contributed by atoms with Crippen molar-refractivity contribution < 1.29 is 13.2 Å². The highest BCUT2D eigenvalue weighted by atomic mass is 35.5. The van der Waals surface area contributed by atoms with Crippen molar-refractivity contribution >= 4 is 44.0 Å². The first-order valence-electron chi connectivity index (χ1n) is 8.34. The Hall–Kier alpha value is -2.41. The number of carbonyl (C=O) groups is 1. The Balaban J connectivity index is 1.75. The minimum absolute atomic E-state index is 0.110. The number of aryl methyl sites for hydroxylation is 1. The first-order chi connectivity index (χ1) is 12.8. The number of sulfonamides is 1. The van der Waals surface area contributed by atoms with Crippen LogP contribution in [0.3, 0.4) is 0 Å². The number of benzene rings is 3. The fourth-order valence-corrected chi connectivity index (χ4v) is 4.03. The second-order valence-electron chi connectivity index (χ2n) is 6.31. The van der Waals surface area contributed by atoms with Crippen LogP contribution in [0.4, 0.5) is 5.69 Å². The van der Waals surface area contributed by atoms with Crippen LogP contribution in [0, 0.1) is 6.92 Å². The molecule has 0 radical (unpaired) electrons.